The largest absolute Gasteiger partial charge is 0.318 e. The molecular weight excluding hydrogens is 280 g/mol. The molecule has 10 heteroatoms. The number of nitro benzene ring substituents is 1. The fourth-order valence-electron chi connectivity index (χ4n) is 1.55. The second-order valence-corrected chi connectivity index (χ2v) is 3.89. The lowest BCUT2D eigenvalue weighted by molar-refractivity contribution is -0.384. The maximum Gasteiger partial charge on any atom is 0.293 e. The molecule has 0 spiro atoms. The highest BCUT2D eigenvalue weighted by atomic mass is 16.6. The number of anilines is 2. The lowest BCUT2D eigenvalue weighted by Crippen LogP contribution is -2.17. The van der Waals surface area contributed by atoms with Crippen molar-refractivity contribution in [1.82, 2.24) is 10.2 Å². The fraction of sp³-hybridized carbons (Fsp3) is 0. The number of aromatic amines is 1. The molecule has 0 unspecified atom stereocenters. The lowest BCUT2D eigenvalue weighted by Gasteiger charge is -2.06. The van der Waals surface area contributed by atoms with Crippen LogP contribution in [0.2, 0.25) is 0 Å². The van der Waals surface area contributed by atoms with E-state index in [1.165, 1.54) is 24.3 Å². The minimum atomic E-state index is -0.625. The quantitative estimate of drug-likeness (QED) is 0.356. The van der Waals surface area contributed by atoms with Gasteiger partial charge in [-0.1, -0.05) is 0 Å². The Labute approximate surface area is 117 Å². The molecule has 1 aromatic carbocycles. The van der Waals surface area contributed by atoms with Crippen LogP contribution < -0.4 is 22.1 Å². The number of nitro groups is 1. The SMILES string of the molecule is NNc1cc(C(=O)Nc2ccc(=O)[nH]n2)ccc1[N+](=O)[O-]. The van der Waals surface area contributed by atoms with E-state index in [0.29, 0.717) is 0 Å². The minimum absolute atomic E-state index is 0.00192. The number of rotatable bonds is 4. The maximum absolute atomic E-state index is 12.0. The zero-order valence-electron chi connectivity index (χ0n) is 10.5. The minimum Gasteiger partial charge on any atom is -0.318 e. The Kier molecular flexibility index (Phi) is 3.90. The van der Waals surface area contributed by atoms with Crippen LogP contribution >= 0.6 is 0 Å². The first kappa shape index (κ1) is 14.1. The molecule has 0 fully saturated rings. The summed E-state index contributed by atoms with van der Waals surface area (Å²) in [6.45, 7) is 0. The van der Waals surface area contributed by atoms with Crippen molar-refractivity contribution < 1.29 is 9.72 Å². The van der Waals surface area contributed by atoms with Crippen molar-refractivity contribution in [3.05, 3.63) is 56.4 Å². The number of aromatic nitrogens is 2. The van der Waals surface area contributed by atoms with Gasteiger partial charge in [0.1, 0.15) is 5.69 Å². The number of benzene rings is 1. The van der Waals surface area contributed by atoms with Gasteiger partial charge in [-0.3, -0.25) is 25.5 Å². The molecule has 108 valence electrons. The predicted octanol–water partition coefficient (Wildman–Crippen LogP) is 0.216. The van der Waals surface area contributed by atoms with E-state index in [1.807, 2.05) is 0 Å². The zero-order chi connectivity index (χ0) is 15.4. The fourth-order valence-corrected chi connectivity index (χ4v) is 1.55. The van der Waals surface area contributed by atoms with Gasteiger partial charge in [-0.05, 0) is 18.2 Å². The number of hydrogen-bond acceptors (Lipinski definition) is 7. The number of carbonyl (C=O) groups excluding carboxylic acids is 1. The highest BCUT2D eigenvalue weighted by molar-refractivity contribution is 6.04. The number of hydrazine groups is 1. The molecule has 1 amide bonds. The highest BCUT2D eigenvalue weighted by Crippen LogP contribution is 2.24. The smallest absolute Gasteiger partial charge is 0.293 e. The van der Waals surface area contributed by atoms with Gasteiger partial charge in [-0.2, -0.15) is 5.10 Å². The van der Waals surface area contributed by atoms with Gasteiger partial charge in [-0.15, -0.1) is 0 Å². The first-order chi connectivity index (χ1) is 10.0. The Bertz CT molecular complexity index is 736. The lowest BCUT2D eigenvalue weighted by atomic mass is 10.1. The third-order valence-corrected chi connectivity index (χ3v) is 2.53. The number of amides is 1. The highest BCUT2D eigenvalue weighted by Gasteiger charge is 2.16. The molecule has 0 aliphatic rings. The van der Waals surface area contributed by atoms with E-state index >= 15 is 0 Å². The number of nitrogens with zero attached hydrogens (tertiary/aromatic N) is 2. The standard InChI is InChI=1S/C11H10N6O4/c12-14-7-5-6(1-2-8(7)17(20)21)11(19)13-9-3-4-10(18)16-15-9/h1-5,14H,12H2,(H,16,18)(H,13,15,19). The Hall–Kier alpha value is -3.27. The Morgan fingerprint density at radius 3 is 2.67 bits per heavy atom. The predicted molar refractivity (Wildman–Crippen MR) is 73.7 cm³/mol. The summed E-state index contributed by atoms with van der Waals surface area (Å²) in [6.07, 6.45) is 0. The molecular formula is C11H10N6O4. The summed E-state index contributed by atoms with van der Waals surface area (Å²) in [7, 11) is 0. The molecule has 0 radical (unpaired) electrons. The van der Waals surface area contributed by atoms with E-state index in [0.717, 1.165) is 6.07 Å². The van der Waals surface area contributed by atoms with E-state index in [1.54, 1.807) is 0 Å². The normalized spacial score (nSPS) is 9.95. The number of H-pyrrole nitrogens is 1. The van der Waals surface area contributed by atoms with Crippen LogP contribution in [0.5, 0.6) is 0 Å². The van der Waals surface area contributed by atoms with Crippen LogP contribution in [0, 0.1) is 10.1 Å². The van der Waals surface area contributed by atoms with Crippen LogP contribution in [0.25, 0.3) is 0 Å². The summed E-state index contributed by atoms with van der Waals surface area (Å²) in [5.41, 5.74) is 1.64. The van der Waals surface area contributed by atoms with Crippen molar-refractivity contribution in [3.8, 4) is 0 Å². The van der Waals surface area contributed by atoms with E-state index < -0.39 is 16.4 Å². The van der Waals surface area contributed by atoms with Gasteiger partial charge >= 0.3 is 0 Å². The van der Waals surface area contributed by atoms with Crippen LogP contribution in [-0.4, -0.2) is 21.0 Å². The van der Waals surface area contributed by atoms with Gasteiger partial charge < -0.3 is 10.7 Å². The summed E-state index contributed by atoms with van der Waals surface area (Å²) in [5.74, 6) is 4.77. The van der Waals surface area contributed by atoms with Crippen molar-refractivity contribution in [2.45, 2.75) is 0 Å². The molecule has 2 rings (SSSR count). The van der Waals surface area contributed by atoms with Crippen molar-refractivity contribution in [3.63, 3.8) is 0 Å². The maximum atomic E-state index is 12.0. The second kappa shape index (κ2) is 5.79. The monoisotopic (exact) mass is 290 g/mol. The van der Waals surface area contributed by atoms with E-state index in [9.17, 15) is 19.7 Å². The zero-order valence-corrected chi connectivity index (χ0v) is 10.5. The molecule has 1 aromatic heterocycles. The van der Waals surface area contributed by atoms with Crippen LogP contribution in [0.4, 0.5) is 17.2 Å². The Morgan fingerprint density at radius 2 is 2.10 bits per heavy atom. The molecule has 0 saturated carbocycles. The topological polar surface area (TPSA) is 156 Å². The van der Waals surface area contributed by atoms with Crippen molar-refractivity contribution in [2.75, 3.05) is 10.7 Å². The van der Waals surface area contributed by atoms with Gasteiger partial charge in [-0.25, -0.2) is 5.10 Å². The van der Waals surface area contributed by atoms with Gasteiger partial charge in [0.15, 0.2) is 5.82 Å². The van der Waals surface area contributed by atoms with Crippen LogP contribution in [0.1, 0.15) is 10.4 Å². The molecule has 0 saturated heterocycles. The Balaban J connectivity index is 2.25. The van der Waals surface area contributed by atoms with Crippen molar-refractivity contribution >= 4 is 23.1 Å². The van der Waals surface area contributed by atoms with Gasteiger partial charge in [0, 0.05) is 17.7 Å². The average molecular weight is 290 g/mol. The molecule has 2 aromatic rings. The van der Waals surface area contributed by atoms with Gasteiger partial charge in [0.2, 0.25) is 0 Å². The summed E-state index contributed by atoms with van der Waals surface area (Å²) in [4.78, 5) is 32.9. The number of nitrogens with one attached hydrogen (secondary N) is 3. The first-order valence-corrected chi connectivity index (χ1v) is 5.63. The van der Waals surface area contributed by atoms with E-state index in [-0.39, 0.29) is 22.8 Å². The summed E-state index contributed by atoms with van der Waals surface area (Å²) in [6, 6.07) is 6.19. The number of carbonyl (C=O) groups is 1. The summed E-state index contributed by atoms with van der Waals surface area (Å²) < 4.78 is 0. The third-order valence-electron chi connectivity index (χ3n) is 2.53. The Morgan fingerprint density at radius 1 is 1.33 bits per heavy atom. The van der Waals surface area contributed by atoms with Crippen LogP contribution in [-0.2, 0) is 0 Å². The average Bonchev–Trinajstić information content (AvgIpc) is 2.48. The molecule has 0 aliphatic heterocycles. The second-order valence-electron chi connectivity index (χ2n) is 3.89. The molecule has 1 heterocycles. The molecule has 0 aliphatic carbocycles. The van der Waals surface area contributed by atoms with Gasteiger partial charge in [0.05, 0.1) is 4.92 Å². The number of hydrogen-bond donors (Lipinski definition) is 4. The van der Waals surface area contributed by atoms with E-state index in [4.69, 9.17) is 5.84 Å². The summed E-state index contributed by atoms with van der Waals surface area (Å²) >= 11 is 0. The van der Waals surface area contributed by atoms with Crippen molar-refractivity contribution in [2.24, 2.45) is 5.84 Å². The van der Waals surface area contributed by atoms with Crippen molar-refractivity contribution in [1.29, 1.82) is 0 Å². The number of nitrogen functional groups attached to an aromatic ring is 1. The third kappa shape index (κ3) is 3.19. The van der Waals surface area contributed by atoms with E-state index in [2.05, 4.69) is 20.9 Å². The molecule has 0 atom stereocenters. The number of nitrogens with two attached hydrogens (primary N) is 1. The van der Waals surface area contributed by atoms with Crippen LogP contribution in [0.3, 0.4) is 0 Å². The summed E-state index contributed by atoms with van der Waals surface area (Å²) in [5, 5.41) is 19.0. The molecule has 21 heavy (non-hydrogen) atoms. The van der Waals surface area contributed by atoms with Crippen LogP contribution in [0.15, 0.2) is 35.1 Å². The molecule has 5 N–H and O–H groups in total. The molecule has 0 bridgehead atoms. The van der Waals surface area contributed by atoms with Gasteiger partial charge in [0.25, 0.3) is 17.2 Å². The molecule has 10 nitrogen and oxygen atoms in total. The first-order valence-electron chi connectivity index (χ1n) is 5.63.